The van der Waals surface area contributed by atoms with Gasteiger partial charge in [0.15, 0.2) is 6.10 Å². The molecule has 338 valence electrons. The van der Waals surface area contributed by atoms with Gasteiger partial charge in [-0.15, -0.1) is 0 Å². The summed E-state index contributed by atoms with van der Waals surface area (Å²) in [5.74, 6) is -0.888. The van der Waals surface area contributed by atoms with Crippen molar-refractivity contribution >= 4 is 17.9 Å². The number of unbranched alkanes of at least 4 members (excludes halogenated alkanes) is 28. The van der Waals surface area contributed by atoms with Crippen LogP contribution < -0.4 is 0 Å². The van der Waals surface area contributed by atoms with E-state index in [9.17, 15) is 14.4 Å². The summed E-state index contributed by atoms with van der Waals surface area (Å²) in [6, 6.07) is 0. The van der Waals surface area contributed by atoms with Gasteiger partial charge >= 0.3 is 17.9 Å². The lowest BCUT2D eigenvalue weighted by molar-refractivity contribution is -0.167. The molecule has 0 fully saturated rings. The molecule has 0 aliphatic rings. The smallest absolute Gasteiger partial charge is 0.306 e. The van der Waals surface area contributed by atoms with E-state index in [-0.39, 0.29) is 31.1 Å². The van der Waals surface area contributed by atoms with Crippen LogP contribution >= 0.6 is 0 Å². The second kappa shape index (κ2) is 47.3. The Morgan fingerprint density at radius 1 is 0.345 bits per heavy atom. The summed E-state index contributed by atoms with van der Waals surface area (Å²) in [6.45, 7) is 6.56. The lowest BCUT2D eigenvalue weighted by atomic mass is 10.0. The Kier molecular flexibility index (Phi) is 45.4. The van der Waals surface area contributed by atoms with Crippen LogP contribution in [0.2, 0.25) is 0 Å². The fourth-order valence-electron chi connectivity index (χ4n) is 7.10. The van der Waals surface area contributed by atoms with Crippen LogP contribution in [0.5, 0.6) is 0 Å². The van der Waals surface area contributed by atoms with Gasteiger partial charge in [-0.25, -0.2) is 0 Å². The molecule has 0 aromatic carbocycles. The monoisotopic (exact) mass is 815 g/mol. The minimum atomic E-state index is -0.770. The molecule has 0 rings (SSSR count). The van der Waals surface area contributed by atoms with Gasteiger partial charge in [0.2, 0.25) is 0 Å². The molecule has 0 aliphatic carbocycles. The summed E-state index contributed by atoms with van der Waals surface area (Å²) >= 11 is 0. The Bertz CT molecular complexity index is 984. The lowest BCUT2D eigenvalue weighted by Gasteiger charge is -2.18. The Morgan fingerprint density at radius 3 is 1.00 bits per heavy atom. The van der Waals surface area contributed by atoms with Crippen LogP contribution in [0.3, 0.4) is 0 Å². The lowest BCUT2D eigenvalue weighted by Crippen LogP contribution is -2.30. The molecule has 0 spiro atoms. The second-order valence-electron chi connectivity index (χ2n) is 16.7. The third-order valence-corrected chi connectivity index (χ3v) is 10.9. The first-order valence-corrected chi connectivity index (χ1v) is 25.0. The molecule has 0 saturated heterocycles. The fraction of sp³-hybridized carbons (Fsp3) is 0.827. The van der Waals surface area contributed by atoms with Crippen molar-refractivity contribution in [2.24, 2.45) is 0 Å². The van der Waals surface area contributed by atoms with Crippen LogP contribution in [-0.4, -0.2) is 37.2 Å². The van der Waals surface area contributed by atoms with Gasteiger partial charge in [-0.1, -0.05) is 218 Å². The highest BCUT2D eigenvalue weighted by atomic mass is 16.6. The van der Waals surface area contributed by atoms with Gasteiger partial charge in [0.05, 0.1) is 0 Å². The van der Waals surface area contributed by atoms with Gasteiger partial charge in [-0.05, 0) is 57.8 Å². The molecule has 1 atom stereocenters. The van der Waals surface area contributed by atoms with Crippen molar-refractivity contribution < 1.29 is 28.6 Å². The maximum absolute atomic E-state index is 12.7. The molecule has 6 nitrogen and oxygen atoms in total. The average molecular weight is 815 g/mol. The predicted molar refractivity (Wildman–Crippen MR) is 247 cm³/mol. The highest BCUT2D eigenvalue weighted by Gasteiger charge is 2.19. The van der Waals surface area contributed by atoms with E-state index in [1.807, 2.05) is 0 Å². The van der Waals surface area contributed by atoms with Gasteiger partial charge in [0.1, 0.15) is 13.2 Å². The minimum absolute atomic E-state index is 0.0741. The van der Waals surface area contributed by atoms with Gasteiger partial charge in [0.25, 0.3) is 0 Å². The molecule has 1 unspecified atom stereocenters. The number of carbonyl (C=O) groups excluding carboxylic acids is 3. The van der Waals surface area contributed by atoms with E-state index in [1.165, 1.54) is 141 Å². The summed E-state index contributed by atoms with van der Waals surface area (Å²) in [7, 11) is 0. The van der Waals surface area contributed by atoms with Crippen molar-refractivity contribution in [2.45, 2.75) is 264 Å². The van der Waals surface area contributed by atoms with Gasteiger partial charge in [-0.2, -0.15) is 0 Å². The summed E-state index contributed by atoms with van der Waals surface area (Å²) in [6.07, 6.45) is 54.3. The van der Waals surface area contributed by atoms with E-state index < -0.39 is 6.10 Å². The Morgan fingerprint density at radius 2 is 0.621 bits per heavy atom. The highest BCUT2D eigenvalue weighted by molar-refractivity contribution is 5.71. The molecule has 0 aromatic heterocycles. The standard InChI is InChI=1S/C52H94O6/c1-4-7-10-13-16-18-20-22-24-25-26-27-29-30-32-34-36-39-42-45-51(54)57-48-49(47-56-50(53)44-41-38-15-12-9-6-3)58-52(55)46-43-40-37-35-33-31-28-23-21-19-17-14-11-8-5-2/h16,18,22,24,26-27,49H,4-15,17,19-21,23,25,28-48H2,1-3H3/b18-16-,24-22-,27-26-. The first kappa shape index (κ1) is 55.6. The van der Waals surface area contributed by atoms with E-state index in [2.05, 4.69) is 57.2 Å². The SMILES string of the molecule is CCCCC/C=C\C/C=C\C/C=C\CCCCCCCCC(=O)OCC(COC(=O)CCCCCCCC)OC(=O)CCCCCCCCCCCCCCCCC. The number of rotatable bonds is 45. The first-order chi connectivity index (χ1) is 28.5. The van der Waals surface area contributed by atoms with Crippen LogP contribution in [0.25, 0.3) is 0 Å². The van der Waals surface area contributed by atoms with Gasteiger partial charge < -0.3 is 14.2 Å². The number of hydrogen-bond acceptors (Lipinski definition) is 6. The minimum Gasteiger partial charge on any atom is -0.462 e. The zero-order valence-electron chi connectivity index (χ0n) is 38.6. The zero-order valence-corrected chi connectivity index (χ0v) is 38.6. The first-order valence-electron chi connectivity index (χ1n) is 25.0. The van der Waals surface area contributed by atoms with Crippen molar-refractivity contribution in [3.8, 4) is 0 Å². The zero-order chi connectivity index (χ0) is 42.3. The maximum Gasteiger partial charge on any atom is 0.306 e. The molecule has 0 radical (unpaired) electrons. The summed E-state index contributed by atoms with van der Waals surface area (Å²) in [5.41, 5.74) is 0. The molecular weight excluding hydrogens is 721 g/mol. The Labute approximate surface area is 359 Å². The third kappa shape index (κ3) is 44.7. The van der Waals surface area contributed by atoms with Crippen LogP contribution in [0.1, 0.15) is 258 Å². The van der Waals surface area contributed by atoms with Crippen molar-refractivity contribution in [1.82, 2.24) is 0 Å². The molecule has 0 N–H and O–H groups in total. The van der Waals surface area contributed by atoms with E-state index in [4.69, 9.17) is 14.2 Å². The van der Waals surface area contributed by atoms with Gasteiger partial charge in [-0.3, -0.25) is 14.4 Å². The van der Waals surface area contributed by atoms with Crippen molar-refractivity contribution in [2.75, 3.05) is 13.2 Å². The number of carbonyl (C=O) groups is 3. The molecule has 0 heterocycles. The fourth-order valence-corrected chi connectivity index (χ4v) is 7.10. The molecule has 0 amide bonds. The molecule has 0 aliphatic heterocycles. The predicted octanol–water partition coefficient (Wildman–Crippen LogP) is 16.1. The van der Waals surface area contributed by atoms with E-state index in [1.54, 1.807) is 0 Å². The normalized spacial score (nSPS) is 12.3. The van der Waals surface area contributed by atoms with Crippen LogP contribution in [0.15, 0.2) is 36.5 Å². The maximum atomic E-state index is 12.7. The number of ether oxygens (including phenoxy) is 3. The molecule has 0 saturated carbocycles. The largest absolute Gasteiger partial charge is 0.462 e. The summed E-state index contributed by atoms with van der Waals surface area (Å²) < 4.78 is 16.7. The van der Waals surface area contributed by atoms with E-state index >= 15 is 0 Å². The second-order valence-corrected chi connectivity index (χ2v) is 16.7. The van der Waals surface area contributed by atoms with E-state index in [0.717, 1.165) is 77.0 Å². The molecule has 0 bridgehead atoms. The molecule has 58 heavy (non-hydrogen) atoms. The Balaban J connectivity index is 4.22. The number of hydrogen-bond donors (Lipinski definition) is 0. The van der Waals surface area contributed by atoms with Crippen LogP contribution in [0.4, 0.5) is 0 Å². The van der Waals surface area contributed by atoms with E-state index in [0.29, 0.717) is 19.3 Å². The average Bonchev–Trinajstić information content (AvgIpc) is 3.22. The quantitative estimate of drug-likeness (QED) is 0.0264. The highest BCUT2D eigenvalue weighted by Crippen LogP contribution is 2.15. The van der Waals surface area contributed by atoms with Crippen molar-refractivity contribution in [1.29, 1.82) is 0 Å². The molecular formula is C52H94O6. The van der Waals surface area contributed by atoms with Crippen LogP contribution in [0, 0.1) is 0 Å². The summed E-state index contributed by atoms with van der Waals surface area (Å²) in [4.78, 5) is 37.7. The van der Waals surface area contributed by atoms with Gasteiger partial charge in [0, 0.05) is 19.3 Å². The van der Waals surface area contributed by atoms with Crippen molar-refractivity contribution in [3.63, 3.8) is 0 Å². The summed E-state index contributed by atoms with van der Waals surface area (Å²) in [5, 5.41) is 0. The topological polar surface area (TPSA) is 78.9 Å². The van der Waals surface area contributed by atoms with Crippen molar-refractivity contribution in [3.05, 3.63) is 36.5 Å². The van der Waals surface area contributed by atoms with Crippen LogP contribution in [-0.2, 0) is 28.6 Å². The Hall–Kier alpha value is -2.37. The molecule has 0 aromatic rings. The third-order valence-electron chi connectivity index (χ3n) is 10.9. The number of allylic oxidation sites excluding steroid dienone is 6. The molecule has 6 heteroatoms. The number of esters is 3.